The van der Waals surface area contributed by atoms with E-state index >= 15 is 0 Å². The Morgan fingerprint density at radius 3 is 1.73 bits per heavy atom. The first-order valence-corrected chi connectivity index (χ1v) is 17.0. The summed E-state index contributed by atoms with van der Waals surface area (Å²) in [7, 11) is 0. The molecule has 0 bridgehead atoms. The summed E-state index contributed by atoms with van der Waals surface area (Å²) >= 11 is 0.338. The molecule has 0 aliphatic heterocycles. The SMILES string of the molecule is c1ccc(-c2ccc(N(c3ccc4[se]c5ccccc5c4c3)c3ccc4c(c3)c3ccccc3n4-c3ccccc3)cc2)cc1. The summed E-state index contributed by atoms with van der Waals surface area (Å²) < 4.78 is 5.29. The van der Waals surface area contributed by atoms with Gasteiger partial charge in [-0.05, 0) is 0 Å². The molecule has 7 aromatic carbocycles. The van der Waals surface area contributed by atoms with Crippen LogP contribution in [0.5, 0.6) is 0 Å². The molecule has 0 aliphatic rings. The van der Waals surface area contributed by atoms with E-state index in [1.54, 1.807) is 0 Å². The predicted molar refractivity (Wildman–Crippen MR) is 193 cm³/mol. The van der Waals surface area contributed by atoms with E-state index in [1.807, 2.05) is 0 Å². The van der Waals surface area contributed by atoms with Gasteiger partial charge in [0.1, 0.15) is 0 Å². The fraction of sp³-hybridized carbons (Fsp3) is 0. The number of benzene rings is 7. The van der Waals surface area contributed by atoms with Crippen molar-refractivity contribution in [1.29, 1.82) is 0 Å². The van der Waals surface area contributed by atoms with Gasteiger partial charge in [0, 0.05) is 0 Å². The first kappa shape index (κ1) is 26.1. The molecule has 0 spiro atoms. The zero-order chi connectivity index (χ0) is 29.7. The van der Waals surface area contributed by atoms with Gasteiger partial charge in [0.25, 0.3) is 0 Å². The first-order valence-electron chi connectivity index (χ1n) is 15.3. The van der Waals surface area contributed by atoms with E-state index in [0.717, 1.165) is 11.4 Å². The molecule has 0 N–H and O–H groups in total. The van der Waals surface area contributed by atoms with Crippen molar-refractivity contribution in [2.24, 2.45) is 0 Å². The van der Waals surface area contributed by atoms with Crippen LogP contribution in [0.4, 0.5) is 17.1 Å². The summed E-state index contributed by atoms with van der Waals surface area (Å²) in [5.41, 5.74) is 9.47. The van der Waals surface area contributed by atoms with Gasteiger partial charge in [-0.25, -0.2) is 0 Å². The summed E-state index contributed by atoms with van der Waals surface area (Å²) in [6.07, 6.45) is 0. The second kappa shape index (κ2) is 10.7. The van der Waals surface area contributed by atoms with Crippen molar-refractivity contribution in [3.05, 3.63) is 170 Å². The third kappa shape index (κ3) is 4.40. The Bertz CT molecular complexity index is 2470. The second-order valence-corrected chi connectivity index (χ2v) is 13.7. The molecule has 0 radical (unpaired) electrons. The van der Waals surface area contributed by atoms with Crippen molar-refractivity contribution in [2.75, 3.05) is 4.90 Å². The maximum atomic E-state index is 2.41. The van der Waals surface area contributed by atoms with Gasteiger partial charge >= 0.3 is 245 Å². The molecule has 212 valence electrons. The number of nitrogens with zero attached hydrogens (tertiary/aromatic N) is 2. The molecule has 2 heterocycles. The number of para-hydroxylation sites is 2. The van der Waals surface area contributed by atoms with Crippen LogP contribution in [0.2, 0.25) is 0 Å². The Kier molecular flexibility index (Phi) is 6.19. The van der Waals surface area contributed by atoms with Crippen molar-refractivity contribution in [1.82, 2.24) is 4.57 Å². The van der Waals surface area contributed by atoms with E-state index in [1.165, 1.54) is 63.6 Å². The Balaban J connectivity index is 1.26. The standard InChI is InChI=1S/C42H28N2Se/c1-3-11-29(12-4-1)30-19-21-32(22-20-30)43(34-24-26-42-38(28-34)36-16-8-10-18-41(36)45-42)33-23-25-40-37(27-33)35-15-7-9-17-39(35)44(40)31-13-5-2-6-14-31/h1-28H. The quantitative estimate of drug-likeness (QED) is 0.170. The Labute approximate surface area is 267 Å². The van der Waals surface area contributed by atoms with Gasteiger partial charge in [-0.2, -0.15) is 0 Å². The molecule has 9 aromatic rings. The van der Waals surface area contributed by atoms with Crippen LogP contribution in [0.3, 0.4) is 0 Å². The molecule has 0 amide bonds. The van der Waals surface area contributed by atoms with Gasteiger partial charge in [0.15, 0.2) is 0 Å². The number of anilines is 3. The summed E-state index contributed by atoms with van der Waals surface area (Å²) in [4.78, 5) is 2.41. The topological polar surface area (TPSA) is 8.17 Å². The molecule has 0 atom stereocenters. The van der Waals surface area contributed by atoms with Crippen molar-refractivity contribution >= 4 is 72.7 Å². The third-order valence-corrected chi connectivity index (χ3v) is 11.2. The van der Waals surface area contributed by atoms with Gasteiger partial charge in [-0.3, -0.25) is 0 Å². The average molecular weight is 640 g/mol. The van der Waals surface area contributed by atoms with E-state index in [0.29, 0.717) is 14.5 Å². The summed E-state index contributed by atoms with van der Waals surface area (Å²) in [5.74, 6) is 0. The van der Waals surface area contributed by atoms with E-state index in [9.17, 15) is 0 Å². The third-order valence-electron chi connectivity index (χ3n) is 8.78. The zero-order valence-corrected chi connectivity index (χ0v) is 26.2. The van der Waals surface area contributed by atoms with Gasteiger partial charge in [-0.1, -0.05) is 24.3 Å². The second-order valence-electron chi connectivity index (χ2n) is 11.4. The molecule has 45 heavy (non-hydrogen) atoms. The van der Waals surface area contributed by atoms with E-state index in [4.69, 9.17) is 0 Å². The van der Waals surface area contributed by atoms with Crippen molar-refractivity contribution in [2.45, 2.75) is 0 Å². The molecule has 0 unspecified atom stereocenters. The minimum absolute atomic E-state index is 0.338. The summed E-state index contributed by atoms with van der Waals surface area (Å²) in [6.45, 7) is 0. The number of fused-ring (bicyclic) bond motifs is 6. The van der Waals surface area contributed by atoms with Crippen LogP contribution in [0.1, 0.15) is 0 Å². The van der Waals surface area contributed by atoms with Gasteiger partial charge in [0.2, 0.25) is 0 Å². The van der Waals surface area contributed by atoms with E-state index < -0.39 is 0 Å². The number of hydrogen-bond acceptors (Lipinski definition) is 1. The number of hydrogen-bond donors (Lipinski definition) is 0. The van der Waals surface area contributed by atoms with E-state index in [-0.39, 0.29) is 0 Å². The Morgan fingerprint density at radius 2 is 0.933 bits per heavy atom. The number of aromatic nitrogens is 1. The molecular formula is C42H28N2Se. The van der Waals surface area contributed by atoms with Crippen LogP contribution in [-0.4, -0.2) is 19.1 Å². The van der Waals surface area contributed by atoms with Gasteiger partial charge < -0.3 is 0 Å². The van der Waals surface area contributed by atoms with Gasteiger partial charge in [0.05, 0.1) is 0 Å². The summed E-state index contributed by atoms with van der Waals surface area (Å²) in [6, 6.07) is 61.8. The zero-order valence-electron chi connectivity index (χ0n) is 24.5. The molecule has 0 saturated carbocycles. The number of rotatable bonds is 5. The Morgan fingerprint density at radius 1 is 0.378 bits per heavy atom. The average Bonchev–Trinajstić information content (AvgIpc) is 3.65. The molecule has 0 fully saturated rings. The molecule has 3 heteroatoms. The monoisotopic (exact) mass is 640 g/mol. The fourth-order valence-corrected chi connectivity index (χ4v) is 8.97. The molecule has 2 nitrogen and oxygen atoms in total. The van der Waals surface area contributed by atoms with Gasteiger partial charge in [-0.15, -0.1) is 0 Å². The van der Waals surface area contributed by atoms with Crippen LogP contribution in [0, 0.1) is 0 Å². The molecule has 0 saturated heterocycles. The van der Waals surface area contributed by atoms with Crippen LogP contribution >= 0.6 is 0 Å². The normalized spacial score (nSPS) is 11.6. The Hall–Kier alpha value is -5.34. The molecule has 9 rings (SSSR count). The maximum absolute atomic E-state index is 2.41. The van der Waals surface area contributed by atoms with Crippen molar-refractivity contribution < 1.29 is 0 Å². The van der Waals surface area contributed by atoms with Crippen molar-refractivity contribution in [3.63, 3.8) is 0 Å². The molecular weight excluding hydrogens is 611 g/mol. The van der Waals surface area contributed by atoms with Crippen molar-refractivity contribution in [3.8, 4) is 16.8 Å². The first-order chi connectivity index (χ1) is 22.3. The fourth-order valence-electron chi connectivity index (χ4n) is 6.69. The van der Waals surface area contributed by atoms with Crippen LogP contribution in [-0.2, 0) is 0 Å². The minimum atomic E-state index is 0.338. The van der Waals surface area contributed by atoms with Crippen LogP contribution in [0.15, 0.2) is 170 Å². The summed E-state index contributed by atoms with van der Waals surface area (Å²) in [5, 5.41) is 5.22. The molecule has 0 aliphatic carbocycles. The predicted octanol–water partition coefficient (Wildman–Crippen LogP) is 11.3. The van der Waals surface area contributed by atoms with E-state index in [2.05, 4.69) is 179 Å². The van der Waals surface area contributed by atoms with Crippen LogP contribution in [0.25, 0.3) is 57.9 Å². The molecule has 2 aromatic heterocycles. The van der Waals surface area contributed by atoms with Crippen LogP contribution < -0.4 is 4.90 Å².